The zero-order chi connectivity index (χ0) is 17.6. The molecule has 3 N–H and O–H groups in total. The van der Waals surface area contributed by atoms with Gasteiger partial charge in [0.25, 0.3) is 0 Å². The molecule has 0 fully saturated rings. The normalized spacial score (nSPS) is 13.5. The van der Waals surface area contributed by atoms with Gasteiger partial charge in [0.1, 0.15) is 5.82 Å². The maximum absolute atomic E-state index is 14.0. The van der Waals surface area contributed by atoms with E-state index < -0.39 is 0 Å². The lowest BCUT2D eigenvalue weighted by atomic mass is 10.2. The Bertz CT molecular complexity index is 789. The first-order chi connectivity index (χ1) is 12.2. The molecule has 0 bridgehead atoms. The largest absolute Gasteiger partial charge is 0.490 e. The van der Waals surface area contributed by atoms with Crippen LogP contribution in [0.4, 0.5) is 10.1 Å². The van der Waals surface area contributed by atoms with E-state index in [1.54, 1.807) is 6.07 Å². The van der Waals surface area contributed by atoms with Crippen molar-refractivity contribution in [2.75, 3.05) is 24.8 Å². The van der Waals surface area contributed by atoms with Gasteiger partial charge in [-0.25, -0.2) is 9.38 Å². The molecule has 0 atom stereocenters. The zero-order valence-corrected chi connectivity index (χ0v) is 17.5. The van der Waals surface area contributed by atoms with Gasteiger partial charge < -0.3 is 20.5 Å². The highest BCUT2D eigenvalue weighted by Gasteiger charge is 2.11. The second kappa shape index (κ2) is 9.86. The van der Waals surface area contributed by atoms with Crippen molar-refractivity contribution in [1.29, 1.82) is 0 Å². The third-order valence-electron chi connectivity index (χ3n) is 3.72. The van der Waals surface area contributed by atoms with Crippen LogP contribution in [-0.2, 0) is 6.54 Å². The van der Waals surface area contributed by atoms with Gasteiger partial charge in [0.05, 0.1) is 19.8 Å². The summed E-state index contributed by atoms with van der Waals surface area (Å²) >= 11 is 1.48. The van der Waals surface area contributed by atoms with Gasteiger partial charge in [-0.15, -0.1) is 35.7 Å². The number of fused-ring (bicyclic) bond motifs is 1. The van der Waals surface area contributed by atoms with Gasteiger partial charge in [-0.3, -0.25) is 0 Å². The Hall–Kier alpha value is -1.68. The number of nitrogens with one attached hydrogen (secondary N) is 1. The molecule has 1 aliphatic heterocycles. The minimum absolute atomic E-state index is 0. The number of hydrogen-bond acceptors (Lipinski definition) is 4. The van der Waals surface area contributed by atoms with E-state index in [1.807, 2.05) is 30.5 Å². The van der Waals surface area contributed by atoms with Crippen molar-refractivity contribution in [3.8, 4) is 11.5 Å². The van der Waals surface area contributed by atoms with E-state index in [0.717, 1.165) is 22.8 Å². The number of halogens is 2. The monoisotopic (exact) mass is 489 g/mol. The van der Waals surface area contributed by atoms with Crippen molar-refractivity contribution in [2.24, 2.45) is 10.7 Å². The Balaban J connectivity index is 0.00000243. The van der Waals surface area contributed by atoms with Crippen LogP contribution in [0.2, 0.25) is 0 Å². The van der Waals surface area contributed by atoms with Crippen LogP contribution in [-0.4, -0.2) is 25.4 Å². The molecular weight excluding hydrogens is 468 g/mol. The number of anilines is 1. The zero-order valence-electron chi connectivity index (χ0n) is 14.3. The number of hydrogen-bond donors (Lipinski definition) is 2. The molecule has 140 valence electrons. The minimum atomic E-state index is -0.279. The summed E-state index contributed by atoms with van der Waals surface area (Å²) in [5, 5.41) is 3.00. The predicted molar refractivity (Wildman–Crippen MR) is 115 cm³/mol. The summed E-state index contributed by atoms with van der Waals surface area (Å²) in [5.74, 6) is 1.33. The Morgan fingerprint density at radius 2 is 2.00 bits per heavy atom. The van der Waals surface area contributed by atoms with Crippen LogP contribution in [0.15, 0.2) is 46.3 Å². The molecule has 8 heteroatoms. The van der Waals surface area contributed by atoms with Crippen molar-refractivity contribution in [2.45, 2.75) is 17.9 Å². The SMILES string of the molecule is CSc1cccc(F)c1CN=C(N)Nc1ccc2c(c1)OCCCO2.I. The van der Waals surface area contributed by atoms with Crippen molar-refractivity contribution in [3.63, 3.8) is 0 Å². The first-order valence-electron chi connectivity index (χ1n) is 7.95. The molecule has 0 saturated heterocycles. The first-order valence-corrected chi connectivity index (χ1v) is 9.18. The summed E-state index contributed by atoms with van der Waals surface area (Å²) < 4.78 is 25.2. The number of rotatable bonds is 4. The van der Waals surface area contributed by atoms with Gasteiger partial charge >= 0.3 is 0 Å². The molecule has 5 nitrogen and oxygen atoms in total. The van der Waals surface area contributed by atoms with Crippen LogP contribution in [0.1, 0.15) is 12.0 Å². The van der Waals surface area contributed by atoms with Crippen LogP contribution in [0.25, 0.3) is 0 Å². The Morgan fingerprint density at radius 1 is 1.23 bits per heavy atom. The summed E-state index contributed by atoms with van der Waals surface area (Å²) in [6.45, 7) is 1.43. The minimum Gasteiger partial charge on any atom is -0.490 e. The number of nitrogens with zero attached hydrogens (tertiary/aromatic N) is 1. The Kier molecular flexibility index (Phi) is 7.83. The van der Waals surface area contributed by atoms with Gasteiger partial charge in [0, 0.05) is 28.6 Å². The fourth-order valence-corrected chi connectivity index (χ4v) is 3.10. The molecule has 0 amide bonds. The summed E-state index contributed by atoms with van der Waals surface area (Å²) in [4.78, 5) is 5.10. The molecule has 0 aromatic heterocycles. The van der Waals surface area contributed by atoms with Crippen LogP contribution in [0.5, 0.6) is 11.5 Å². The molecule has 1 heterocycles. The molecule has 0 aliphatic carbocycles. The van der Waals surface area contributed by atoms with E-state index in [4.69, 9.17) is 15.2 Å². The van der Waals surface area contributed by atoms with E-state index in [0.29, 0.717) is 24.5 Å². The number of ether oxygens (including phenoxy) is 2. The summed E-state index contributed by atoms with van der Waals surface area (Å²) in [6, 6.07) is 10.5. The molecule has 0 unspecified atom stereocenters. The van der Waals surface area contributed by atoms with Crippen molar-refractivity contribution >= 4 is 47.4 Å². The second-order valence-electron chi connectivity index (χ2n) is 5.46. The predicted octanol–water partition coefficient (Wildman–Crippen LogP) is 4.25. The Labute approximate surface area is 173 Å². The van der Waals surface area contributed by atoms with Crippen LogP contribution in [0, 0.1) is 5.82 Å². The van der Waals surface area contributed by atoms with Crippen molar-refractivity contribution < 1.29 is 13.9 Å². The fraction of sp³-hybridized carbons (Fsp3) is 0.278. The number of aliphatic imine (C=N–C) groups is 1. The van der Waals surface area contributed by atoms with E-state index in [-0.39, 0.29) is 42.3 Å². The molecule has 2 aromatic carbocycles. The number of nitrogens with two attached hydrogens (primary N) is 1. The number of benzene rings is 2. The average Bonchev–Trinajstić information content (AvgIpc) is 2.85. The summed E-state index contributed by atoms with van der Waals surface area (Å²) in [7, 11) is 0. The van der Waals surface area contributed by atoms with Gasteiger partial charge in [-0.1, -0.05) is 6.07 Å². The highest BCUT2D eigenvalue weighted by Crippen LogP contribution is 2.32. The maximum Gasteiger partial charge on any atom is 0.193 e. The van der Waals surface area contributed by atoms with Crippen molar-refractivity contribution in [3.05, 3.63) is 47.8 Å². The first kappa shape index (κ1) is 20.6. The maximum atomic E-state index is 14.0. The summed E-state index contributed by atoms with van der Waals surface area (Å²) in [6.07, 6.45) is 2.75. The smallest absolute Gasteiger partial charge is 0.193 e. The number of thioether (sulfide) groups is 1. The average molecular weight is 489 g/mol. The molecule has 1 aliphatic rings. The van der Waals surface area contributed by atoms with Gasteiger partial charge in [0.15, 0.2) is 17.5 Å². The van der Waals surface area contributed by atoms with E-state index in [2.05, 4.69) is 10.3 Å². The van der Waals surface area contributed by atoms with Crippen LogP contribution >= 0.6 is 35.7 Å². The topological polar surface area (TPSA) is 68.9 Å². The fourth-order valence-electron chi connectivity index (χ4n) is 2.48. The summed E-state index contributed by atoms with van der Waals surface area (Å²) in [5.41, 5.74) is 7.22. The molecule has 2 aromatic rings. The quantitative estimate of drug-likeness (QED) is 0.291. The Morgan fingerprint density at radius 3 is 2.77 bits per heavy atom. The molecule has 0 radical (unpaired) electrons. The number of guanidine groups is 1. The van der Waals surface area contributed by atoms with E-state index >= 15 is 0 Å². The van der Waals surface area contributed by atoms with Crippen molar-refractivity contribution in [1.82, 2.24) is 0 Å². The van der Waals surface area contributed by atoms with Gasteiger partial charge in [-0.05, 0) is 30.5 Å². The van der Waals surface area contributed by atoms with Gasteiger partial charge in [-0.2, -0.15) is 0 Å². The molecule has 26 heavy (non-hydrogen) atoms. The van der Waals surface area contributed by atoms with Crippen LogP contribution < -0.4 is 20.5 Å². The molecular formula is C18H21FIN3O2S. The van der Waals surface area contributed by atoms with E-state index in [9.17, 15) is 4.39 Å². The van der Waals surface area contributed by atoms with E-state index in [1.165, 1.54) is 17.8 Å². The highest BCUT2D eigenvalue weighted by molar-refractivity contribution is 14.0. The molecule has 0 saturated carbocycles. The van der Waals surface area contributed by atoms with Gasteiger partial charge in [0.2, 0.25) is 0 Å². The third-order valence-corrected chi connectivity index (χ3v) is 4.55. The highest BCUT2D eigenvalue weighted by atomic mass is 127. The lowest BCUT2D eigenvalue weighted by Crippen LogP contribution is -2.22. The molecule has 0 spiro atoms. The van der Waals surface area contributed by atoms with Crippen LogP contribution in [0.3, 0.4) is 0 Å². The second-order valence-corrected chi connectivity index (χ2v) is 6.31. The lowest BCUT2D eigenvalue weighted by molar-refractivity contribution is 0.297. The molecule has 3 rings (SSSR count). The lowest BCUT2D eigenvalue weighted by Gasteiger charge is -2.11. The standard InChI is InChI=1S/C18H20FN3O2S.HI/c1-25-17-5-2-4-14(19)13(17)11-21-18(20)22-12-6-7-15-16(10-12)24-9-3-8-23-15;/h2,4-7,10H,3,8-9,11H2,1H3,(H3,20,21,22);1H. The third kappa shape index (κ3) is 5.16.